The second-order valence-corrected chi connectivity index (χ2v) is 8.80. The summed E-state index contributed by atoms with van der Waals surface area (Å²) in [5, 5.41) is 0. The van der Waals surface area contributed by atoms with Gasteiger partial charge in [0.05, 0.1) is 12.7 Å². The van der Waals surface area contributed by atoms with Gasteiger partial charge in [0.25, 0.3) is 5.56 Å². The number of nitrogens with zero attached hydrogens (tertiary/aromatic N) is 3. The fraction of sp³-hybridized carbons (Fsp3) is 0.630. The largest absolute Gasteiger partial charge is 0.373 e. The molecule has 184 valence electrons. The standard InChI is InChI=1S/C25H36FN3O2.C2H6/c1-6-9-21(19(4)26)16-31-22-14-17(2)28(18(3)15-22)13-11-23-20(5)27-24-10-7-8-12-29(24)25(23)30;1-2/h6,9,18,22H,2,7-8,10-16H2,1,3-5H3;1-2H3/b9-6-,21-19-;. The van der Waals surface area contributed by atoms with Crippen molar-refractivity contribution in [1.29, 1.82) is 0 Å². The van der Waals surface area contributed by atoms with Crippen LogP contribution in [0.15, 0.2) is 40.6 Å². The number of ether oxygens (including phenoxy) is 1. The van der Waals surface area contributed by atoms with Crippen LogP contribution in [0.4, 0.5) is 4.39 Å². The summed E-state index contributed by atoms with van der Waals surface area (Å²) < 4.78 is 21.5. The van der Waals surface area contributed by atoms with Crippen LogP contribution in [0.25, 0.3) is 0 Å². The Hall–Kier alpha value is -2.21. The van der Waals surface area contributed by atoms with Gasteiger partial charge in [0.15, 0.2) is 0 Å². The number of piperidine rings is 1. The Morgan fingerprint density at radius 2 is 2.06 bits per heavy atom. The number of fused-ring (bicyclic) bond motifs is 1. The lowest BCUT2D eigenvalue weighted by Crippen LogP contribution is -2.43. The SMILES string of the molecule is C=C1CC(OCC(/C=C\C)=C(/C)F)CC(C)N1CCc1c(C)nc2n(c1=O)CCCC2.CC. The van der Waals surface area contributed by atoms with E-state index in [1.54, 1.807) is 6.08 Å². The van der Waals surface area contributed by atoms with Crippen molar-refractivity contribution in [3.63, 3.8) is 0 Å². The van der Waals surface area contributed by atoms with Crippen molar-refractivity contribution < 1.29 is 9.13 Å². The zero-order valence-corrected chi connectivity index (χ0v) is 21.4. The lowest BCUT2D eigenvalue weighted by molar-refractivity contribution is 0.0185. The van der Waals surface area contributed by atoms with Gasteiger partial charge in [-0.25, -0.2) is 9.37 Å². The van der Waals surface area contributed by atoms with Crippen LogP contribution in [0.1, 0.15) is 77.4 Å². The monoisotopic (exact) mass is 459 g/mol. The van der Waals surface area contributed by atoms with Crippen molar-refractivity contribution in [2.24, 2.45) is 0 Å². The lowest BCUT2D eigenvalue weighted by atomic mass is 9.97. The predicted molar refractivity (Wildman–Crippen MR) is 134 cm³/mol. The molecule has 1 saturated heterocycles. The molecule has 1 aromatic heterocycles. The Bertz CT molecular complexity index is 928. The van der Waals surface area contributed by atoms with Gasteiger partial charge in [-0.1, -0.05) is 32.6 Å². The van der Waals surface area contributed by atoms with Gasteiger partial charge in [0, 0.05) is 54.5 Å². The van der Waals surface area contributed by atoms with E-state index in [0.717, 1.165) is 68.0 Å². The van der Waals surface area contributed by atoms with E-state index >= 15 is 0 Å². The summed E-state index contributed by atoms with van der Waals surface area (Å²) in [4.78, 5) is 20.0. The zero-order valence-electron chi connectivity index (χ0n) is 21.4. The fourth-order valence-corrected chi connectivity index (χ4v) is 4.71. The molecule has 0 saturated carbocycles. The van der Waals surface area contributed by atoms with Crippen molar-refractivity contribution in [3.05, 3.63) is 63.3 Å². The molecule has 0 aliphatic carbocycles. The van der Waals surface area contributed by atoms with Crippen LogP contribution in [0, 0.1) is 6.92 Å². The van der Waals surface area contributed by atoms with E-state index in [4.69, 9.17) is 9.72 Å². The molecule has 3 heterocycles. The number of likely N-dealkylation sites (tertiary alicyclic amines) is 1. The predicted octanol–water partition coefficient (Wildman–Crippen LogP) is 5.66. The highest BCUT2D eigenvalue weighted by Gasteiger charge is 2.28. The Labute approximate surface area is 199 Å². The Morgan fingerprint density at radius 3 is 2.70 bits per heavy atom. The third kappa shape index (κ3) is 6.89. The molecule has 0 spiro atoms. The van der Waals surface area contributed by atoms with E-state index in [-0.39, 0.29) is 30.1 Å². The van der Waals surface area contributed by atoms with Crippen LogP contribution in [0.2, 0.25) is 0 Å². The molecule has 0 N–H and O–H groups in total. The number of rotatable bonds is 7. The zero-order chi connectivity index (χ0) is 24.5. The highest BCUT2D eigenvalue weighted by molar-refractivity contribution is 5.22. The van der Waals surface area contributed by atoms with E-state index in [0.29, 0.717) is 12.0 Å². The van der Waals surface area contributed by atoms with Gasteiger partial charge in [0.2, 0.25) is 0 Å². The fourth-order valence-electron chi connectivity index (χ4n) is 4.71. The number of aryl methyl sites for hydroxylation is 2. The molecule has 2 unspecified atom stereocenters. The topological polar surface area (TPSA) is 47.4 Å². The quantitative estimate of drug-likeness (QED) is 0.494. The first-order valence-corrected chi connectivity index (χ1v) is 12.4. The maximum Gasteiger partial charge on any atom is 0.256 e. The minimum absolute atomic E-state index is 0.0242. The average Bonchev–Trinajstić information content (AvgIpc) is 2.79. The number of halogens is 1. The first-order valence-electron chi connectivity index (χ1n) is 12.4. The second-order valence-electron chi connectivity index (χ2n) is 8.80. The van der Waals surface area contributed by atoms with Crippen LogP contribution in [0.5, 0.6) is 0 Å². The van der Waals surface area contributed by atoms with Gasteiger partial charge in [-0.3, -0.25) is 9.36 Å². The average molecular weight is 460 g/mol. The van der Waals surface area contributed by atoms with E-state index < -0.39 is 0 Å². The molecule has 0 bridgehead atoms. The van der Waals surface area contributed by atoms with Crippen LogP contribution < -0.4 is 5.56 Å². The summed E-state index contributed by atoms with van der Waals surface area (Å²) in [7, 11) is 0. The number of allylic oxidation sites excluding steroid dienone is 2. The lowest BCUT2D eigenvalue weighted by Gasteiger charge is -2.41. The highest BCUT2D eigenvalue weighted by atomic mass is 19.1. The molecule has 6 heteroatoms. The maximum absolute atomic E-state index is 13.6. The molecular formula is C27H42FN3O2. The third-order valence-electron chi connectivity index (χ3n) is 6.47. The molecule has 2 atom stereocenters. The maximum atomic E-state index is 13.6. The molecule has 2 aliphatic heterocycles. The van der Waals surface area contributed by atoms with Gasteiger partial charge in [-0.05, 0) is 53.4 Å². The summed E-state index contributed by atoms with van der Waals surface area (Å²) >= 11 is 0. The molecule has 1 aromatic rings. The minimum Gasteiger partial charge on any atom is -0.373 e. The summed E-state index contributed by atoms with van der Waals surface area (Å²) in [6, 6.07) is 0.250. The minimum atomic E-state index is -0.206. The van der Waals surface area contributed by atoms with Crippen LogP contribution in [-0.2, 0) is 24.1 Å². The smallest absolute Gasteiger partial charge is 0.256 e. The van der Waals surface area contributed by atoms with Crippen molar-refractivity contribution >= 4 is 0 Å². The molecule has 0 radical (unpaired) electrons. The number of aromatic nitrogens is 2. The second kappa shape index (κ2) is 12.9. The highest BCUT2D eigenvalue weighted by Crippen LogP contribution is 2.28. The summed E-state index contributed by atoms with van der Waals surface area (Å²) in [5.41, 5.74) is 3.41. The first-order chi connectivity index (χ1) is 15.8. The molecule has 1 fully saturated rings. The molecule has 5 nitrogen and oxygen atoms in total. The normalized spacial score (nSPS) is 21.4. The van der Waals surface area contributed by atoms with Gasteiger partial charge >= 0.3 is 0 Å². The number of hydrogen-bond donors (Lipinski definition) is 0. The third-order valence-corrected chi connectivity index (χ3v) is 6.47. The van der Waals surface area contributed by atoms with E-state index in [2.05, 4.69) is 18.4 Å². The summed E-state index contributed by atoms with van der Waals surface area (Å²) in [5.74, 6) is 0.728. The van der Waals surface area contributed by atoms with Crippen LogP contribution >= 0.6 is 0 Å². The molecule has 0 amide bonds. The van der Waals surface area contributed by atoms with Gasteiger partial charge in [0.1, 0.15) is 11.7 Å². The summed E-state index contributed by atoms with van der Waals surface area (Å²) in [6.07, 6.45) is 8.90. The molecule has 2 aliphatic rings. The van der Waals surface area contributed by atoms with Gasteiger partial charge in [-0.2, -0.15) is 0 Å². The van der Waals surface area contributed by atoms with Crippen molar-refractivity contribution in [2.75, 3.05) is 13.2 Å². The van der Waals surface area contributed by atoms with E-state index in [9.17, 15) is 9.18 Å². The molecule has 0 aromatic carbocycles. The molecular weight excluding hydrogens is 417 g/mol. The van der Waals surface area contributed by atoms with Gasteiger partial charge < -0.3 is 9.64 Å². The van der Waals surface area contributed by atoms with Gasteiger partial charge in [-0.15, -0.1) is 0 Å². The van der Waals surface area contributed by atoms with Crippen molar-refractivity contribution in [2.45, 2.75) is 98.8 Å². The van der Waals surface area contributed by atoms with Crippen LogP contribution in [0.3, 0.4) is 0 Å². The first kappa shape index (κ1) is 27.0. The Balaban J connectivity index is 0.00000187. The van der Waals surface area contributed by atoms with Crippen molar-refractivity contribution in [3.8, 4) is 0 Å². The molecule has 3 rings (SSSR count). The van der Waals surface area contributed by atoms with Crippen LogP contribution in [-0.4, -0.2) is 39.7 Å². The van der Waals surface area contributed by atoms with E-state index in [1.165, 1.54) is 6.92 Å². The van der Waals surface area contributed by atoms with E-state index in [1.807, 2.05) is 38.3 Å². The number of hydrogen-bond acceptors (Lipinski definition) is 4. The Kier molecular flexibility index (Phi) is 10.6. The Morgan fingerprint density at radius 1 is 1.33 bits per heavy atom. The molecule has 33 heavy (non-hydrogen) atoms. The van der Waals surface area contributed by atoms with Crippen molar-refractivity contribution in [1.82, 2.24) is 14.5 Å². The summed E-state index contributed by atoms with van der Waals surface area (Å²) in [6.45, 7) is 17.5.